The number of carbonyl (C=O) groups is 1. The second-order valence-electron chi connectivity index (χ2n) is 5.08. The van der Waals surface area contributed by atoms with Crippen LogP contribution in [0.4, 0.5) is 0 Å². The van der Waals surface area contributed by atoms with E-state index in [1.165, 1.54) is 0 Å². The van der Waals surface area contributed by atoms with Crippen LogP contribution < -0.4 is 5.32 Å². The Morgan fingerprint density at radius 1 is 1.27 bits per heavy atom. The standard InChI is InChI=1S/C12H26N2O/c1-7-14(8-2)9-13-11(10(3)15)12(4,5)6/h11,13H,7-9H2,1-6H3. The molecule has 15 heavy (non-hydrogen) atoms. The normalized spacial score (nSPS) is 14.3. The van der Waals surface area contributed by atoms with Gasteiger partial charge in [-0.1, -0.05) is 34.6 Å². The maximum Gasteiger partial charge on any atom is 0.147 e. The van der Waals surface area contributed by atoms with Crippen molar-refractivity contribution in [3.63, 3.8) is 0 Å². The summed E-state index contributed by atoms with van der Waals surface area (Å²) in [7, 11) is 0. The molecule has 3 heteroatoms. The molecule has 0 bridgehead atoms. The van der Waals surface area contributed by atoms with Crippen LogP contribution >= 0.6 is 0 Å². The molecule has 0 saturated heterocycles. The molecule has 3 nitrogen and oxygen atoms in total. The first-order valence-electron chi connectivity index (χ1n) is 5.79. The first kappa shape index (κ1) is 14.6. The lowest BCUT2D eigenvalue weighted by Gasteiger charge is -2.31. The van der Waals surface area contributed by atoms with Crippen molar-refractivity contribution < 1.29 is 4.79 Å². The third-order valence-electron chi connectivity index (χ3n) is 2.69. The van der Waals surface area contributed by atoms with E-state index in [2.05, 4.69) is 44.8 Å². The smallest absolute Gasteiger partial charge is 0.147 e. The molecule has 0 aliphatic carbocycles. The zero-order valence-electron chi connectivity index (χ0n) is 11.1. The topological polar surface area (TPSA) is 32.3 Å². The zero-order chi connectivity index (χ0) is 12.1. The molecule has 1 atom stereocenters. The Balaban J connectivity index is 4.26. The average molecular weight is 214 g/mol. The molecule has 1 N–H and O–H groups in total. The molecule has 0 radical (unpaired) electrons. The average Bonchev–Trinajstić information content (AvgIpc) is 2.09. The van der Waals surface area contributed by atoms with E-state index in [1.54, 1.807) is 6.92 Å². The van der Waals surface area contributed by atoms with E-state index in [1.807, 2.05) is 0 Å². The van der Waals surface area contributed by atoms with Crippen molar-refractivity contribution in [2.24, 2.45) is 5.41 Å². The van der Waals surface area contributed by atoms with Gasteiger partial charge in [0.2, 0.25) is 0 Å². The lowest BCUT2D eigenvalue weighted by molar-refractivity contribution is -0.121. The van der Waals surface area contributed by atoms with Gasteiger partial charge in [-0.05, 0) is 25.4 Å². The van der Waals surface area contributed by atoms with Crippen LogP contribution in [-0.4, -0.2) is 36.5 Å². The zero-order valence-corrected chi connectivity index (χ0v) is 11.1. The molecule has 0 heterocycles. The summed E-state index contributed by atoms with van der Waals surface area (Å²) in [6, 6.07) is -0.0573. The van der Waals surface area contributed by atoms with Crippen LogP contribution in [0.1, 0.15) is 41.5 Å². The minimum atomic E-state index is -0.0573. The van der Waals surface area contributed by atoms with Crippen molar-refractivity contribution in [2.75, 3.05) is 19.8 Å². The number of ketones is 1. The lowest BCUT2D eigenvalue weighted by Crippen LogP contribution is -2.49. The van der Waals surface area contributed by atoms with E-state index in [9.17, 15) is 4.79 Å². The minimum absolute atomic E-state index is 0.0149. The molecule has 0 aliphatic rings. The predicted molar refractivity (Wildman–Crippen MR) is 64.8 cm³/mol. The lowest BCUT2D eigenvalue weighted by atomic mass is 9.84. The maximum atomic E-state index is 11.5. The van der Waals surface area contributed by atoms with E-state index < -0.39 is 0 Å². The van der Waals surface area contributed by atoms with E-state index in [0.29, 0.717) is 0 Å². The number of hydrogen-bond donors (Lipinski definition) is 1. The van der Waals surface area contributed by atoms with Crippen LogP contribution in [0.5, 0.6) is 0 Å². The van der Waals surface area contributed by atoms with Gasteiger partial charge in [0.1, 0.15) is 5.78 Å². The van der Waals surface area contributed by atoms with Gasteiger partial charge in [0.25, 0.3) is 0 Å². The van der Waals surface area contributed by atoms with E-state index in [4.69, 9.17) is 0 Å². The molecule has 0 spiro atoms. The Morgan fingerprint density at radius 3 is 2.00 bits per heavy atom. The monoisotopic (exact) mass is 214 g/mol. The van der Waals surface area contributed by atoms with Gasteiger partial charge in [-0.15, -0.1) is 0 Å². The molecule has 0 saturated carbocycles. The summed E-state index contributed by atoms with van der Waals surface area (Å²) in [5.74, 6) is 0.217. The number of nitrogens with zero attached hydrogens (tertiary/aromatic N) is 1. The fraction of sp³-hybridized carbons (Fsp3) is 0.917. The summed E-state index contributed by atoms with van der Waals surface area (Å²) < 4.78 is 0. The van der Waals surface area contributed by atoms with Gasteiger partial charge in [-0.25, -0.2) is 0 Å². The largest absolute Gasteiger partial charge is 0.298 e. The molecule has 0 aliphatic heterocycles. The number of nitrogens with one attached hydrogen (secondary N) is 1. The van der Waals surface area contributed by atoms with Crippen LogP contribution in [0.2, 0.25) is 0 Å². The van der Waals surface area contributed by atoms with E-state index in [-0.39, 0.29) is 17.2 Å². The fourth-order valence-electron chi connectivity index (χ4n) is 1.73. The Labute approximate surface area is 94.2 Å². The maximum absolute atomic E-state index is 11.5. The van der Waals surface area contributed by atoms with Gasteiger partial charge < -0.3 is 0 Å². The number of carbonyl (C=O) groups excluding carboxylic acids is 1. The highest BCUT2D eigenvalue weighted by Crippen LogP contribution is 2.19. The Hall–Kier alpha value is -0.410. The third-order valence-corrected chi connectivity index (χ3v) is 2.69. The quantitative estimate of drug-likeness (QED) is 0.685. The molecule has 0 aromatic heterocycles. The SMILES string of the molecule is CCN(CC)CNC(C(C)=O)C(C)(C)C. The van der Waals surface area contributed by atoms with Crippen LogP contribution in [0.3, 0.4) is 0 Å². The molecular weight excluding hydrogens is 188 g/mol. The highest BCUT2D eigenvalue weighted by molar-refractivity contribution is 5.82. The predicted octanol–water partition coefficient (Wildman–Crippen LogP) is 1.88. The van der Waals surface area contributed by atoms with Gasteiger partial charge >= 0.3 is 0 Å². The Morgan fingerprint density at radius 2 is 1.73 bits per heavy atom. The molecule has 0 aromatic rings. The van der Waals surface area contributed by atoms with Gasteiger partial charge in [0, 0.05) is 6.67 Å². The second kappa shape index (κ2) is 6.23. The molecule has 0 amide bonds. The Bertz CT molecular complexity index is 192. The van der Waals surface area contributed by atoms with Crippen LogP contribution in [-0.2, 0) is 4.79 Å². The number of Topliss-reactive ketones (excluding diaryl/α,β-unsaturated/α-hetero) is 1. The van der Waals surface area contributed by atoms with Crippen molar-refractivity contribution in [3.8, 4) is 0 Å². The van der Waals surface area contributed by atoms with Gasteiger partial charge in [0.05, 0.1) is 6.04 Å². The van der Waals surface area contributed by atoms with Crippen LogP contribution in [0, 0.1) is 5.41 Å². The molecule has 90 valence electrons. The van der Waals surface area contributed by atoms with Crippen molar-refractivity contribution in [1.29, 1.82) is 0 Å². The highest BCUT2D eigenvalue weighted by atomic mass is 16.1. The summed E-state index contributed by atoms with van der Waals surface area (Å²) >= 11 is 0. The summed E-state index contributed by atoms with van der Waals surface area (Å²) in [6.07, 6.45) is 0. The molecule has 0 rings (SSSR count). The summed E-state index contributed by atoms with van der Waals surface area (Å²) in [4.78, 5) is 13.8. The van der Waals surface area contributed by atoms with Crippen molar-refractivity contribution in [3.05, 3.63) is 0 Å². The second-order valence-corrected chi connectivity index (χ2v) is 5.08. The first-order chi connectivity index (χ1) is 6.82. The molecule has 0 fully saturated rings. The van der Waals surface area contributed by atoms with Crippen LogP contribution in [0.25, 0.3) is 0 Å². The fourth-order valence-corrected chi connectivity index (χ4v) is 1.73. The Kier molecular flexibility index (Phi) is 6.06. The molecule has 1 unspecified atom stereocenters. The third kappa shape index (κ3) is 5.28. The molecule has 0 aromatic carbocycles. The summed E-state index contributed by atoms with van der Waals surface area (Å²) in [6.45, 7) is 15.0. The minimum Gasteiger partial charge on any atom is -0.298 e. The van der Waals surface area contributed by atoms with Crippen molar-refractivity contribution in [1.82, 2.24) is 10.2 Å². The number of hydrogen-bond acceptors (Lipinski definition) is 3. The van der Waals surface area contributed by atoms with Gasteiger partial charge in [-0.2, -0.15) is 0 Å². The molecular formula is C12H26N2O. The van der Waals surface area contributed by atoms with E-state index >= 15 is 0 Å². The first-order valence-corrected chi connectivity index (χ1v) is 5.79. The van der Waals surface area contributed by atoms with Crippen molar-refractivity contribution in [2.45, 2.75) is 47.6 Å². The number of rotatable bonds is 6. The van der Waals surface area contributed by atoms with Crippen molar-refractivity contribution >= 4 is 5.78 Å². The van der Waals surface area contributed by atoms with E-state index in [0.717, 1.165) is 19.8 Å². The summed E-state index contributed by atoms with van der Waals surface area (Å²) in [5, 5.41) is 3.34. The van der Waals surface area contributed by atoms with Gasteiger partial charge in [0.15, 0.2) is 0 Å². The van der Waals surface area contributed by atoms with Crippen LogP contribution in [0.15, 0.2) is 0 Å². The van der Waals surface area contributed by atoms with Gasteiger partial charge in [-0.3, -0.25) is 15.0 Å². The highest BCUT2D eigenvalue weighted by Gasteiger charge is 2.28. The summed E-state index contributed by atoms with van der Waals surface area (Å²) in [5.41, 5.74) is -0.0149.